The molecule has 1 saturated heterocycles. The van der Waals surface area contributed by atoms with Gasteiger partial charge in [0.2, 0.25) is 0 Å². The second kappa shape index (κ2) is 8.12. The van der Waals surface area contributed by atoms with Gasteiger partial charge in [-0.15, -0.1) is 0 Å². The first-order valence-electron chi connectivity index (χ1n) is 8.82. The molecule has 3 amide bonds. The molecule has 0 radical (unpaired) electrons. The summed E-state index contributed by atoms with van der Waals surface area (Å²) in [6, 6.07) is 6.08. The molecule has 9 nitrogen and oxygen atoms in total. The Kier molecular flexibility index (Phi) is 5.62. The lowest BCUT2D eigenvalue weighted by Gasteiger charge is -2.19. The van der Waals surface area contributed by atoms with Crippen LogP contribution in [0.2, 0.25) is 0 Å². The fourth-order valence-electron chi connectivity index (χ4n) is 2.79. The van der Waals surface area contributed by atoms with Gasteiger partial charge in [-0.3, -0.25) is 9.69 Å². The lowest BCUT2D eigenvalue weighted by molar-refractivity contribution is -0.136. The molecular formula is C19H21N3O6. The molecule has 1 aliphatic rings. The van der Waals surface area contributed by atoms with Crippen LogP contribution in [0.5, 0.6) is 5.75 Å². The molecule has 0 spiro atoms. The normalized spacial score (nSPS) is 14.5. The lowest BCUT2D eigenvalue weighted by Crippen LogP contribution is -2.41. The van der Waals surface area contributed by atoms with Crippen molar-refractivity contribution in [1.29, 1.82) is 0 Å². The van der Waals surface area contributed by atoms with E-state index < -0.39 is 24.0 Å². The number of imide groups is 1. The molecule has 0 saturated carbocycles. The van der Waals surface area contributed by atoms with Gasteiger partial charge in [-0.2, -0.15) is 0 Å². The molecule has 1 N–H and O–H groups in total. The number of aryl methyl sites for hydroxylation is 2. The fraction of sp³-hybridized carbons (Fsp3) is 0.368. The smallest absolute Gasteiger partial charge is 0.342 e. The SMILES string of the molecule is Cc1noc(C)c1COc1ccccc1C(=O)O[C@@H](C)C(=O)N1CCNC1=O. The van der Waals surface area contributed by atoms with Crippen molar-refractivity contribution >= 4 is 17.9 Å². The van der Waals surface area contributed by atoms with E-state index in [1.807, 2.05) is 0 Å². The highest BCUT2D eigenvalue weighted by Gasteiger charge is 2.32. The number of rotatable bonds is 6. The summed E-state index contributed by atoms with van der Waals surface area (Å²) in [7, 11) is 0. The topological polar surface area (TPSA) is 111 Å². The van der Waals surface area contributed by atoms with Crippen LogP contribution in [0.15, 0.2) is 28.8 Å². The summed E-state index contributed by atoms with van der Waals surface area (Å²) in [5.74, 6) is -0.334. The fourth-order valence-corrected chi connectivity index (χ4v) is 2.79. The summed E-state index contributed by atoms with van der Waals surface area (Å²) < 4.78 is 16.1. The number of carbonyl (C=O) groups excluding carboxylic acids is 3. The summed E-state index contributed by atoms with van der Waals surface area (Å²) in [6.07, 6.45) is -1.10. The van der Waals surface area contributed by atoms with Crippen molar-refractivity contribution < 1.29 is 28.4 Å². The van der Waals surface area contributed by atoms with Crippen LogP contribution in [-0.4, -0.2) is 47.2 Å². The quantitative estimate of drug-likeness (QED) is 0.754. The number of para-hydroxylation sites is 1. The Bertz CT molecular complexity index is 887. The van der Waals surface area contributed by atoms with Gasteiger partial charge in [0.15, 0.2) is 6.10 Å². The minimum Gasteiger partial charge on any atom is -0.488 e. The Hall–Kier alpha value is -3.36. The van der Waals surface area contributed by atoms with Crippen LogP contribution in [0.1, 0.15) is 34.3 Å². The summed E-state index contributed by atoms with van der Waals surface area (Å²) in [6.45, 7) is 5.81. The minimum atomic E-state index is -1.10. The molecule has 1 atom stereocenters. The monoisotopic (exact) mass is 387 g/mol. The minimum absolute atomic E-state index is 0.174. The first-order valence-corrected chi connectivity index (χ1v) is 8.82. The van der Waals surface area contributed by atoms with E-state index in [4.69, 9.17) is 14.0 Å². The Labute approximate surface area is 161 Å². The lowest BCUT2D eigenvalue weighted by atomic mass is 10.2. The van der Waals surface area contributed by atoms with Crippen LogP contribution in [0.25, 0.3) is 0 Å². The zero-order valence-corrected chi connectivity index (χ0v) is 15.9. The Morgan fingerprint density at radius 2 is 2.07 bits per heavy atom. The molecule has 148 valence electrons. The third-order valence-electron chi connectivity index (χ3n) is 4.41. The highest BCUT2D eigenvalue weighted by Crippen LogP contribution is 2.23. The Morgan fingerprint density at radius 1 is 1.32 bits per heavy atom. The van der Waals surface area contributed by atoms with Gasteiger partial charge in [0.25, 0.3) is 5.91 Å². The van der Waals surface area contributed by atoms with E-state index >= 15 is 0 Å². The maximum absolute atomic E-state index is 12.6. The highest BCUT2D eigenvalue weighted by atomic mass is 16.6. The number of hydrogen-bond donors (Lipinski definition) is 1. The number of ether oxygens (including phenoxy) is 2. The maximum Gasteiger partial charge on any atom is 0.342 e. The van der Waals surface area contributed by atoms with Gasteiger partial charge in [-0.05, 0) is 32.9 Å². The van der Waals surface area contributed by atoms with Gasteiger partial charge in [0.1, 0.15) is 23.7 Å². The Morgan fingerprint density at radius 3 is 2.71 bits per heavy atom. The predicted molar refractivity (Wildman–Crippen MR) is 96.7 cm³/mol. The van der Waals surface area contributed by atoms with Gasteiger partial charge >= 0.3 is 12.0 Å². The van der Waals surface area contributed by atoms with Gasteiger partial charge < -0.3 is 19.3 Å². The van der Waals surface area contributed by atoms with Crippen molar-refractivity contribution in [3.05, 3.63) is 46.8 Å². The van der Waals surface area contributed by atoms with Gasteiger partial charge in [-0.25, -0.2) is 9.59 Å². The average molecular weight is 387 g/mol. The second-order valence-corrected chi connectivity index (χ2v) is 6.36. The van der Waals surface area contributed by atoms with Gasteiger partial charge in [0.05, 0.1) is 11.3 Å². The number of amides is 3. The largest absolute Gasteiger partial charge is 0.488 e. The number of benzene rings is 1. The molecule has 2 heterocycles. The number of urea groups is 1. The maximum atomic E-state index is 12.6. The van der Waals surface area contributed by atoms with Crippen LogP contribution in [0, 0.1) is 13.8 Å². The molecule has 1 aromatic heterocycles. The summed E-state index contributed by atoms with van der Waals surface area (Å²) in [5.41, 5.74) is 1.69. The number of nitrogens with one attached hydrogen (secondary N) is 1. The van der Waals surface area contributed by atoms with E-state index in [-0.39, 0.29) is 18.7 Å². The zero-order valence-electron chi connectivity index (χ0n) is 15.9. The third kappa shape index (κ3) is 3.98. The molecule has 0 unspecified atom stereocenters. The van der Waals surface area contributed by atoms with Crippen molar-refractivity contribution in [2.45, 2.75) is 33.5 Å². The molecule has 0 aliphatic carbocycles. The molecule has 1 aliphatic heterocycles. The summed E-state index contributed by atoms with van der Waals surface area (Å²) in [4.78, 5) is 37.5. The first-order chi connectivity index (χ1) is 13.4. The molecule has 28 heavy (non-hydrogen) atoms. The molecule has 3 rings (SSSR count). The van der Waals surface area contributed by atoms with Gasteiger partial charge in [-0.1, -0.05) is 17.3 Å². The standard InChI is InChI=1S/C19H21N3O6/c1-11-15(12(2)28-21-11)10-26-16-7-5-4-6-14(16)18(24)27-13(3)17(23)22-9-8-20-19(22)25/h4-7,13H,8-10H2,1-3H3,(H,20,25)/t13-/m0/s1. The van der Waals surface area contributed by atoms with E-state index in [1.165, 1.54) is 6.92 Å². The van der Waals surface area contributed by atoms with Crippen LogP contribution in [0.3, 0.4) is 0 Å². The van der Waals surface area contributed by atoms with Crippen molar-refractivity contribution in [1.82, 2.24) is 15.4 Å². The molecule has 1 aromatic carbocycles. The van der Waals surface area contributed by atoms with Crippen LogP contribution >= 0.6 is 0 Å². The summed E-state index contributed by atoms with van der Waals surface area (Å²) in [5, 5.41) is 6.40. The van der Waals surface area contributed by atoms with E-state index in [9.17, 15) is 14.4 Å². The number of aromatic nitrogens is 1. The molecule has 9 heteroatoms. The summed E-state index contributed by atoms with van der Waals surface area (Å²) >= 11 is 0. The average Bonchev–Trinajstić information content (AvgIpc) is 3.25. The van der Waals surface area contributed by atoms with Crippen molar-refractivity contribution in [3.8, 4) is 5.75 Å². The van der Waals surface area contributed by atoms with E-state index in [0.29, 0.717) is 23.7 Å². The van der Waals surface area contributed by atoms with Gasteiger partial charge in [0, 0.05) is 13.1 Å². The van der Waals surface area contributed by atoms with Crippen molar-refractivity contribution in [3.63, 3.8) is 0 Å². The van der Waals surface area contributed by atoms with Crippen LogP contribution < -0.4 is 10.1 Å². The number of hydrogen-bond acceptors (Lipinski definition) is 7. The predicted octanol–water partition coefficient (Wildman–Crippen LogP) is 1.97. The van der Waals surface area contributed by atoms with Crippen LogP contribution in [0.4, 0.5) is 4.79 Å². The highest BCUT2D eigenvalue weighted by molar-refractivity contribution is 6.00. The molecule has 0 bridgehead atoms. The van der Waals surface area contributed by atoms with E-state index in [0.717, 1.165) is 10.5 Å². The molecule has 2 aromatic rings. The van der Waals surface area contributed by atoms with Crippen molar-refractivity contribution in [2.75, 3.05) is 13.1 Å². The molecular weight excluding hydrogens is 366 g/mol. The van der Waals surface area contributed by atoms with E-state index in [1.54, 1.807) is 38.1 Å². The second-order valence-electron chi connectivity index (χ2n) is 6.36. The Balaban J connectivity index is 1.68. The zero-order chi connectivity index (χ0) is 20.3. The molecule has 1 fully saturated rings. The first kappa shape index (κ1) is 19.4. The number of nitrogens with zero attached hydrogens (tertiary/aromatic N) is 2. The number of carbonyl (C=O) groups is 3. The van der Waals surface area contributed by atoms with Crippen LogP contribution in [-0.2, 0) is 16.1 Å². The van der Waals surface area contributed by atoms with Crippen molar-refractivity contribution in [2.24, 2.45) is 0 Å². The van der Waals surface area contributed by atoms with E-state index in [2.05, 4.69) is 10.5 Å². The number of esters is 1. The third-order valence-corrected chi connectivity index (χ3v) is 4.41.